The van der Waals surface area contributed by atoms with Gasteiger partial charge in [0.15, 0.2) is 0 Å². The third kappa shape index (κ3) is 3.02. The Bertz CT molecular complexity index is 591. The lowest BCUT2D eigenvalue weighted by Crippen LogP contribution is -2.46. The summed E-state index contributed by atoms with van der Waals surface area (Å²) in [5.74, 6) is 0.892. The highest BCUT2D eigenvalue weighted by molar-refractivity contribution is 5.56. The van der Waals surface area contributed by atoms with E-state index in [1.807, 2.05) is 24.4 Å². The summed E-state index contributed by atoms with van der Waals surface area (Å²) >= 11 is 0. The van der Waals surface area contributed by atoms with E-state index in [9.17, 15) is 0 Å². The first-order chi connectivity index (χ1) is 10.3. The number of piperazine rings is 1. The van der Waals surface area contributed by atoms with Crippen molar-refractivity contribution in [1.29, 1.82) is 0 Å². The Hall–Kier alpha value is -2.43. The zero-order chi connectivity index (χ0) is 14.7. The zero-order valence-electron chi connectivity index (χ0n) is 12.2. The number of benzene rings is 1. The molecule has 2 heterocycles. The molecule has 1 aromatic heterocycles. The average molecular weight is 284 g/mol. The van der Waals surface area contributed by atoms with E-state index < -0.39 is 0 Å². The molecule has 0 aliphatic carbocycles. The van der Waals surface area contributed by atoms with Gasteiger partial charge >= 0.3 is 0 Å². The monoisotopic (exact) mass is 284 g/mol. The third-order valence-corrected chi connectivity index (χ3v) is 3.83. The number of hydrogen-bond acceptors (Lipinski definition) is 5. The van der Waals surface area contributed by atoms with Crippen LogP contribution in [0.1, 0.15) is 0 Å². The maximum atomic E-state index is 5.80. The van der Waals surface area contributed by atoms with Gasteiger partial charge in [0.2, 0.25) is 0 Å². The molecule has 0 saturated carbocycles. The maximum absolute atomic E-state index is 5.80. The number of rotatable bonds is 3. The van der Waals surface area contributed by atoms with Crippen LogP contribution in [0.2, 0.25) is 0 Å². The Morgan fingerprint density at radius 1 is 0.952 bits per heavy atom. The van der Waals surface area contributed by atoms with Gasteiger partial charge in [-0.2, -0.15) is 0 Å². The van der Waals surface area contributed by atoms with Crippen LogP contribution in [0.3, 0.4) is 0 Å². The Balaban J connectivity index is 1.64. The number of ether oxygens (including phenoxy) is 1. The molecule has 0 unspecified atom stereocenters. The van der Waals surface area contributed by atoms with Gasteiger partial charge < -0.3 is 20.3 Å². The van der Waals surface area contributed by atoms with E-state index in [2.05, 4.69) is 26.9 Å². The van der Waals surface area contributed by atoms with Crippen LogP contribution in [0.5, 0.6) is 5.75 Å². The fourth-order valence-electron chi connectivity index (χ4n) is 2.63. The minimum Gasteiger partial charge on any atom is -0.497 e. The smallest absolute Gasteiger partial charge is 0.119 e. The van der Waals surface area contributed by atoms with E-state index in [1.165, 1.54) is 5.69 Å². The molecule has 5 nitrogen and oxygen atoms in total. The van der Waals surface area contributed by atoms with Crippen molar-refractivity contribution in [1.82, 2.24) is 4.98 Å². The summed E-state index contributed by atoms with van der Waals surface area (Å²) in [6, 6.07) is 10.2. The van der Waals surface area contributed by atoms with E-state index in [4.69, 9.17) is 10.5 Å². The quantitative estimate of drug-likeness (QED) is 0.934. The average Bonchev–Trinajstić information content (AvgIpc) is 2.55. The Morgan fingerprint density at radius 2 is 1.57 bits per heavy atom. The van der Waals surface area contributed by atoms with Crippen molar-refractivity contribution in [2.45, 2.75) is 0 Å². The molecule has 0 radical (unpaired) electrons. The second-order valence-corrected chi connectivity index (χ2v) is 5.15. The van der Waals surface area contributed by atoms with Crippen molar-refractivity contribution in [3.63, 3.8) is 0 Å². The summed E-state index contributed by atoms with van der Waals surface area (Å²) in [6.07, 6.45) is 3.55. The number of anilines is 3. The fraction of sp³-hybridized carbons (Fsp3) is 0.312. The first-order valence-corrected chi connectivity index (χ1v) is 7.11. The first kappa shape index (κ1) is 13.5. The molecule has 1 aliphatic rings. The van der Waals surface area contributed by atoms with Gasteiger partial charge in [-0.1, -0.05) is 0 Å². The van der Waals surface area contributed by atoms with Crippen LogP contribution in [0, 0.1) is 0 Å². The number of hydrogen-bond donors (Lipinski definition) is 1. The largest absolute Gasteiger partial charge is 0.497 e. The number of nitrogens with zero attached hydrogens (tertiary/aromatic N) is 3. The van der Waals surface area contributed by atoms with Crippen molar-refractivity contribution in [2.24, 2.45) is 0 Å². The van der Waals surface area contributed by atoms with Crippen LogP contribution < -0.4 is 20.3 Å². The van der Waals surface area contributed by atoms with Crippen molar-refractivity contribution in [3.8, 4) is 5.75 Å². The summed E-state index contributed by atoms with van der Waals surface area (Å²) in [5.41, 5.74) is 8.85. The molecule has 0 amide bonds. The Labute approximate surface area is 125 Å². The van der Waals surface area contributed by atoms with E-state index in [-0.39, 0.29) is 0 Å². The number of methoxy groups -OCH3 is 1. The van der Waals surface area contributed by atoms with Crippen LogP contribution in [-0.2, 0) is 0 Å². The number of nitrogens with two attached hydrogens (primary N) is 1. The van der Waals surface area contributed by atoms with Crippen molar-refractivity contribution in [2.75, 3.05) is 48.8 Å². The lowest BCUT2D eigenvalue weighted by Gasteiger charge is -2.37. The number of aromatic nitrogens is 1. The highest BCUT2D eigenvalue weighted by atomic mass is 16.5. The third-order valence-electron chi connectivity index (χ3n) is 3.83. The lowest BCUT2D eigenvalue weighted by molar-refractivity contribution is 0.415. The minimum absolute atomic E-state index is 0.713. The van der Waals surface area contributed by atoms with Crippen LogP contribution in [0.25, 0.3) is 0 Å². The molecule has 1 saturated heterocycles. The van der Waals surface area contributed by atoms with Crippen molar-refractivity contribution < 1.29 is 4.74 Å². The normalized spacial score (nSPS) is 15.1. The van der Waals surface area contributed by atoms with Crippen molar-refractivity contribution in [3.05, 3.63) is 42.7 Å². The standard InChI is InChI=1S/C16H20N4O/c1-21-16-4-2-14(3-5-16)19-6-8-20(9-7-19)15-10-13(17)11-18-12-15/h2-5,10-12H,6-9,17H2,1H3. The van der Waals surface area contributed by atoms with Gasteiger partial charge in [-0.05, 0) is 30.3 Å². The molecule has 0 spiro atoms. The summed E-state index contributed by atoms with van der Waals surface area (Å²) < 4.78 is 5.20. The Morgan fingerprint density at radius 3 is 2.14 bits per heavy atom. The maximum Gasteiger partial charge on any atom is 0.119 e. The number of pyridine rings is 1. The van der Waals surface area contributed by atoms with E-state index in [0.29, 0.717) is 5.69 Å². The van der Waals surface area contributed by atoms with Crippen LogP contribution in [-0.4, -0.2) is 38.3 Å². The summed E-state index contributed by atoms with van der Waals surface area (Å²) in [4.78, 5) is 8.87. The summed E-state index contributed by atoms with van der Waals surface area (Å²) in [6.45, 7) is 3.91. The molecule has 1 aromatic carbocycles. The molecule has 1 fully saturated rings. The topological polar surface area (TPSA) is 54.6 Å². The van der Waals surface area contributed by atoms with Gasteiger partial charge in [-0.25, -0.2) is 0 Å². The van der Waals surface area contributed by atoms with Gasteiger partial charge in [0.05, 0.1) is 24.7 Å². The van der Waals surface area contributed by atoms with Crippen LogP contribution >= 0.6 is 0 Å². The SMILES string of the molecule is COc1ccc(N2CCN(c3cncc(N)c3)CC2)cc1. The van der Waals surface area contributed by atoms with Gasteiger partial charge in [-0.15, -0.1) is 0 Å². The fourth-order valence-corrected chi connectivity index (χ4v) is 2.63. The van der Waals surface area contributed by atoms with Gasteiger partial charge in [0, 0.05) is 38.1 Å². The predicted octanol–water partition coefficient (Wildman–Crippen LogP) is 2.00. The molecule has 2 N–H and O–H groups in total. The molecule has 21 heavy (non-hydrogen) atoms. The van der Waals surface area contributed by atoms with Crippen molar-refractivity contribution >= 4 is 17.1 Å². The number of nitrogen functional groups attached to an aromatic ring is 1. The van der Waals surface area contributed by atoms with Gasteiger partial charge in [0.1, 0.15) is 5.75 Å². The van der Waals surface area contributed by atoms with Crippen LogP contribution in [0.15, 0.2) is 42.7 Å². The second kappa shape index (κ2) is 5.91. The molecule has 3 rings (SSSR count). The molecule has 0 atom stereocenters. The van der Waals surface area contributed by atoms with E-state index in [1.54, 1.807) is 13.3 Å². The minimum atomic E-state index is 0.713. The van der Waals surface area contributed by atoms with Gasteiger partial charge in [-0.3, -0.25) is 4.98 Å². The Kier molecular flexibility index (Phi) is 3.81. The van der Waals surface area contributed by atoms with Gasteiger partial charge in [0.25, 0.3) is 0 Å². The van der Waals surface area contributed by atoms with E-state index in [0.717, 1.165) is 37.6 Å². The molecule has 110 valence electrons. The molecule has 5 heteroatoms. The van der Waals surface area contributed by atoms with Crippen LogP contribution in [0.4, 0.5) is 17.1 Å². The summed E-state index contributed by atoms with van der Waals surface area (Å²) in [7, 11) is 1.69. The highest BCUT2D eigenvalue weighted by Crippen LogP contribution is 2.23. The molecule has 1 aliphatic heterocycles. The highest BCUT2D eigenvalue weighted by Gasteiger charge is 2.17. The zero-order valence-corrected chi connectivity index (χ0v) is 12.2. The molecule has 2 aromatic rings. The van der Waals surface area contributed by atoms with E-state index >= 15 is 0 Å². The predicted molar refractivity (Wildman–Crippen MR) is 86.1 cm³/mol. The first-order valence-electron chi connectivity index (χ1n) is 7.11. The molecular weight excluding hydrogens is 264 g/mol. The molecule has 0 bridgehead atoms. The second-order valence-electron chi connectivity index (χ2n) is 5.15. The molecular formula is C16H20N4O. The lowest BCUT2D eigenvalue weighted by atomic mass is 10.2. The summed E-state index contributed by atoms with van der Waals surface area (Å²) in [5, 5.41) is 0.